The Balaban J connectivity index is 2.76. The van der Waals surface area contributed by atoms with E-state index in [4.69, 9.17) is 0 Å². The van der Waals surface area contributed by atoms with Gasteiger partial charge < -0.3 is 10.6 Å². The van der Waals surface area contributed by atoms with Crippen molar-refractivity contribution in [1.82, 2.24) is 10.6 Å². The Hall–Kier alpha value is -2.28. The number of amides is 2. The maximum Gasteiger partial charge on any atom is 0.252 e. The van der Waals surface area contributed by atoms with Crippen LogP contribution in [0.5, 0.6) is 0 Å². The molecule has 0 heterocycles. The standard InChI is InChI=1S/C14H16N2O2/c1-3-13(17)16-10-6-8-11-7-4-5-9-12(11)14(18)15-2/h4-5,7,9H,3,10H2,1-2H3,(H,15,18)(H,16,17). The van der Waals surface area contributed by atoms with E-state index < -0.39 is 0 Å². The maximum absolute atomic E-state index is 11.6. The van der Waals surface area contributed by atoms with E-state index in [-0.39, 0.29) is 18.4 Å². The highest BCUT2D eigenvalue weighted by atomic mass is 16.2. The van der Waals surface area contributed by atoms with Crippen molar-refractivity contribution in [3.05, 3.63) is 35.4 Å². The third-order valence-corrected chi connectivity index (χ3v) is 2.32. The normalized spacial score (nSPS) is 9.00. The SMILES string of the molecule is CCC(=O)NCC#Cc1ccccc1C(=O)NC. The molecule has 2 amide bonds. The van der Waals surface area contributed by atoms with E-state index >= 15 is 0 Å². The van der Waals surface area contributed by atoms with Crippen molar-refractivity contribution >= 4 is 11.8 Å². The Labute approximate surface area is 107 Å². The molecule has 18 heavy (non-hydrogen) atoms. The highest BCUT2D eigenvalue weighted by Crippen LogP contribution is 2.06. The molecule has 4 heteroatoms. The molecule has 1 rings (SSSR count). The minimum atomic E-state index is -0.169. The Morgan fingerprint density at radius 3 is 2.67 bits per heavy atom. The summed E-state index contributed by atoms with van der Waals surface area (Å²) in [5.74, 6) is 5.50. The molecule has 0 radical (unpaired) electrons. The molecule has 0 saturated heterocycles. The summed E-state index contributed by atoms with van der Waals surface area (Å²) < 4.78 is 0. The van der Waals surface area contributed by atoms with Crippen LogP contribution in [-0.2, 0) is 4.79 Å². The molecule has 0 aliphatic rings. The van der Waals surface area contributed by atoms with Gasteiger partial charge in [-0.15, -0.1) is 0 Å². The van der Waals surface area contributed by atoms with E-state index in [0.29, 0.717) is 17.5 Å². The van der Waals surface area contributed by atoms with E-state index in [1.807, 2.05) is 6.07 Å². The summed E-state index contributed by atoms with van der Waals surface area (Å²) in [4.78, 5) is 22.6. The number of hydrogen-bond acceptors (Lipinski definition) is 2. The van der Waals surface area contributed by atoms with Crippen LogP contribution in [0.1, 0.15) is 29.3 Å². The topological polar surface area (TPSA) is 58.2 Å². The Morgan fingerprint density at radius 1 is 1.28 bits per heavy atom. The summed E-state index contributed by atoms with van der Waals surface area (Å²) >= 11 is 0. The van der Waals surface area contributed by atoms with Gasteiger partial charge in [0.2, 0.25) is 5.91 Å². The van der Waals surface area contributed by atoms with Crippen molar-refractivity contribution < 1.29 is 9.59 Å². The van der Waals surface area contributed by atoms with Gasteiger partial charge in [-0.05, 0) is 12.1 Å². The molecule has 0 aliphatic heterocycles. The number of hydrogen-bond donors (Lipinski definition) is 2. The van der Waals surface area contributed by atoms with Crippen LogP contribution in [0, 0.1) is 11.8 Å². The summed E-state index contributed by atoms with van der Waals surface area (Å²) in [5, 5.41) is 5.22. The van der Waals surface area contributed by atoms with Crippen molar-refractivity contribution in [2.24, 2.45) is 0 Å². The van der Waals surface area contributed by atoms with Crippen LogP contribution in [-0.4, -0.2) is 25.4 Å². The zero-order valence-corrected chi connectivity index (χ0v) is 10.5. The monoisotopic (exact) mass is 244 g/mol. The fourth-order valence-electron chi connectivity index (χ4n) is 1.33. The predicted molar refractivity (Wildman–Crippen MR) is 70.0 cm³/mol. The lowest BCUT2D eigenvalue weighted by molar-refractivity contribution is -0.120. The molecular formula is C14H16N2O2. The smallest absolute Gasteiger partial charge is 0.252 e. The first kappa shape index (κ1) is 13.8. The van der Waals surface area contributed by atoms with Crippen LogP contribution in [0.2, 0.25) is 0 Å². The first-order chi connectivity index (χ1) is 8.69. The van der Waals surface area contributed by atoms with Gasteiger partial charge in [0, 0.05) is 19.0 Å². The van der Waals surface area contributed by atoms with E-state index in [0.717, 1.165) is 0 Å². The molecular weight excluding hydrogens is 228 g/mol. The maximum atomic E-state index is 11.6. The van der Waals surface area contributed by atoms with Gasteiger partial charge in [0.25, 0.3) is 5.91 Å². The molecule has 1 aromatic carbocycles. The van der Waals surface area contributed by atoms with Crippen molar-refractivity contribution in [1.29, 1.82) is 0 Å². The molecule has 1 aromatic rings. The average molecular weight is 244 g/mol. The van der Waals surface area contributed by atoms with Crippen LogP contribution in [0.15, 0.2) is 24.3 Å². The zero-order valence-electron chi connectivity index (χ0n) is 10.5. The van der Waals surface area contributed by atoms with E-state index in [2.05, 4.69) is 22.5 Å². The second-order valence-corrected chi connectivity index (χ2v) is 3.56. The molecule has 0 aliphatic carbocycles. The third kappa shape index (κ3) is 3.95. The Bertz CT molecular complexity index is 498. The molecule has 0 saturated carbocycles. The van der Waals surface area contributed by atoms with Crippen LogP contribution >= 0.6 is 0 Å². The molecule has 0 bridgehead atoms. The minimum Gasteiger partial charge on any atom is -0.355 e. The van der Waals surface area contributed by atoms with Gasteiger partial charge in [0.05, 0.1) is 12.1 Å². The molecule has 0 atom stereocenters. The second kappa shape index (κ2) is 7.13. The molecule has 4 nitrogen and oxygen atoms in total. The lowest BCUT2D eigenvalue weighted by Gasteiger charge is -2.02. The Kier molecular flexibility index (Phi) is 5.46. The molecule has 0 aromatic heterocycles. The van der Waals surface area contributed by atoms with Gasteiger partial charge >= 0.3 is 0 Å². The first-order valence-corrected chi connectivity index (χ1v) is 5.75. The number of rotatable bonds is 3. The first-order valence-electron chi connectivity index (χ1n) is 5.75. The van der Waals surface area contributed by atoms with Gasteiger partial charge in [-0.2, -0.15) is 0 Å². The predicted octanol–water partition coefficient (Wildman–Crippen LogP) is 0.924. The van der Waals surface area contributed by atoms with Crippen LogP contribution in [0.25, 0.3) is 0 Å². The molecule has 0 spiro atoms. The highest BCUT2D eigenvalue weighted by Gasteiger charge is 2.06. The number of carbonyl (C=O) groups is 2. The molecule has 0 unspecified atom stereocenters. The third-order valence-electron chi connectivity index (χ3n) is 2.32. The lowest BCUT2D eigenvalue weighted by atomic mass is 10.1. The Morgan fingerprint density at radius 2 is 2.00 bits per heavy atom. The highest BCUT2D eigenvalue weighted by molar-refractivity contribution is 5.96. The zero-order chi connectivity index (χ0) is 13.4. The number of benzene rings is 1. The van der Waals surface area contributed by atoms with Crippen molar-refractivity contribution in [3.8, 4) is 11.8 Å². The second-order valence-electron chi connectivity index (χ2n) is 3.56. The van der Waals surface area contributed by atoms with Gasteiger partial charge in [-0.3, -0.25) is 9.59 Å². The quantitative estimate of drug-likeness (QED) is 0.777. The van der Waals surface area contributed by atoms with Crippen molar-refractivity contribution in [2.75, 3.05) is 13.6 Å². The fraction of sp³-hybridized carbons (Fsp3) is 0.286. The fourth-order valence-corrected chi connectivity index (χ4v) is 1.33. The van der Waals surface area contributed by atoms with Crippen LogP contribution < -0.4 is 10.6 Å². The summed E-state index contributed by atoms with van der Waals surface area (Å²) in [6.07, 6.45) is 0.441. The van der Waals surface area contributed by atoms with Gasteiger partial charge in [0.1, 0.15) is 0 Å². The molecule has 2 N–H and O–H groups in total. The summed E-state index contributed by atoms with van der Waals surface area (Å²) in [6, 6.07) is 7.10. The minimum absolute atomic E-state index is 0.0381. The summed E-state index contributed by atoms with van der Waals surface area (Å²) in [7, 11) is 1.58. The van der Waals surface area contributed by atoms with E-state index in [9.17, 15) is 9.59 Å². The summed E-state index contributed by atoms with van der Waals surface area (Å²) in [5.41, 5.74) is 1.19. The van der Waals surface area contributed by atoms with Gasteiger partial charge in [-0.25, -0.2) is 0 Å². The van der Waals surface area contributed by atoms with Crippen LogP contribution in [0.3, 0.4) is 0 Å². The molecule has 94 valence electrons. The molecule has 0 fully saturated rings. The van der Waals surface area contributed by atoms with Crippen molar-refractivity contribution in [2.45, 2.75) is 13.3 Å². The van der Waals surface area contributed by atoms with Crippen molar-refractivity contribution in [3.63, 3.8) is 0 Å². The van der Waals surface area contributed by atoms with Gasteiger partial charge in [0.15, 0.2) is 0 Å². The van der Waals surface area contributed by atoms with Gasteiger partial charge in [-0.1, -0.05) is 30.9 Å². The average Bonchev–Trinajstić information content (AvgIpc) is 2.42. The van der Waals surface area contributed by atoms with Crippen LogP contribution in [0.4, 0.5) is 0 Å². The van der Waals surface area contributed by atoms with E-state index in [1.54, 1.807) is 32.2 Å². The largest absolute Gasteiger partial charge is 0.355 e. The summed E-state index contributed by atoms with van der Waals surface area (Å²) in [6.45, 7) is 2.07. The number of carbonyl (C=O) groups excluding carboxylic acids is 2. The van der Waals surface area contributed by atoms with E-state index in [1.165, 1.54) is 0 Å². The number of nitrogens with one attached hydrogen (secondary N) is 2. The lowest BCUT2D eigenvalue weighted by Crippen LogP contribution is -2.22.